The van der Waals surface area contributed by atoms with Crippen LogP contribution < -0.4 is 5.43 Å². The molecule has 0 atom stereocenters. The van der Waals surface area contributed by atoms with Crippen molar-refractivity contribution in [3.8, 4) is 0 Å². The van der Waals surface area contributed by atoms with Gasteiger partial charge in [-0.05, 0) is 24.5 Å². The summed E-state index contributed by atoms with van der Waals surface area (Å²) in [6, 6.07) is 10.1. The van der Waals surface area contributed by atoms with Gasteiger partial charge in [0.2, 0.25) is 5.91 Å². The molecule has 0 heterocycles. The van der Waals surface area contributed by atoms with Crippen LogP contribution in [-0.2, 0) is 4.79 Å². The van der Waals surface area contributed by atoms with Crippen LogP contribution in [0.15, 0.2) is 41.0 Å². The molecule has 0 aliphatic carbocycles. The summed E-state index contributed by atoms with van der Waals surface area (Å²) < 4.78 is 0. The first kappa shape index (κ1) is 25.1. The van der Waals surface area contributed by atoms with E-state index < -0.39 is 0 Å². The maximum absolute atomic E-state index is 11.8. The monoisotopic (exact) mass is 398 g/mol. The number of hydrogen-bond donors (Lipinski definition) is 1. The number of carbonyl (C=O) groups is 1. The summed E-state index contributed by atoms with van der Waals surface area (Å²) >= 11 is 0. The third-order valence-corrected chi connectivity index (χ3v) is 5.16. The van der Waals surface area contributed by atoms with E-state index in [1.807, 2.05) is 43.3 Å². The van der Waals surface area contributed by atoms with Gasteiger partial charge in [-0.25, -0.2) is 5.43 Å². The molecule has 1 aromatic rings. The summed E-state index contributed by atoms with van der Waals surface area (Å²) in [5.74, 6) is 0.0110. The third-order valence-electron chi connectivity index (χ3n) is 5.16. The van der Waals surface area contributed by atoms with Gasteiger partial charge in [-0.15, -0.1) is 0 Å². The van der Waals surface area contributed by atoms with Crippen LogP contribution in [0, 0.1) is 0 Å². The molecule has 0 saturated heterocycles. The number of hydrazone groups is 1. The van der Waals surface area contributed by atoms with Crippen molar-refractivity contribution in [3.05, 3.63) is 41.5 Å². The van der Waals surface area contributed by atoms with Crippen molar-refractivity contribution in [1.82, 2.24) is 5.43 Å². The van der Waals surface area contributed by atoms with E-state index in [-0.39, 0.29) is 5.91 Å². The second kappa shape index (κ2) is 18.1. The molecule has 0 unspecified atom stereocenters. The van der Waals surface area contributed by atoms with Crippen LogP contribution in [0.5, 0.6) is 0 Å². The number of amides is 1. The first-order valence-corrected chi connectivity index (χ1v) is 11.8. The molecule has 3 nitrogen and oxygen atoms in total. The Morgan fingerprint density at radius 2 is 1.34 bits per heavy atom. The van der Waals surface area contributed by atoms with Crippen molar-refractivity contribution in [3.63, 3.8) is 0 Å². The van der Waals surface area contributed by atoms with Crippen molar-refractivity contribution in [2.75, 3.05) is 0 Å². The molecule has 0 spiro atoms. The van der Waals surface area contributed by atoms with Crippen LogP contribution in [0.2, 0.25) is 0 Å². The molecule has 0 radical (unpaired) electrons. The van der Waals surface area contributed by atoms with E-state index in [9.17, 15) is 4.79 Å². The Balaban J connectivity index is 1.93. The largest absolute Gasteiger partial charge is 0.273 e. The lowest BCUT2D eigenvalue weighted by Gasteiger charge is -2.03. The average molecular weight is 399 g/mol. The van der Waals surface area contributed by atoms with E-state index in [2.05, 4.69) is 17.5 Å². The van der Waals surface area contributed by atoms with Crippen molar-refractivity contribution < 1.29 is 4.79 Å². The maximum atomic E-state index is 11.8. The number of nitrogens with zero attached hydrogens (tertiary/aromatic N) is 1. The van der Waals surface area contributed by atoms with Crippen LogP contribution in [-0.4, -0.2) is 12.1 Å². The highest BCUT2D eigenvalue weighted by atomic mass is 16.2. The van der Waals surface area contributed by atoms with Crippen molar-refractivity contribution in [2.24, 2.45) is 5.10 Å². The van der Waals surface area contributed by atoms with Crippen molar-refractivity contribution in [2.45, 2.75) is 104 Å². The predicted molar refractivity (Wildman–Crippen MR) is 127 cm³/mol. The summed E-state index contributed by atoms with van der Waals surface area (Å²) in [5.41, 5.74) is 4.78. The van der Waals surface area contributed by atoms with Gasteiger partial charge in [0.1, 0.15) is 0 Å². The van der Waals surface area contributed by atoms with Gasteiger partial charge in [-0.3, -0.25) is 4.79 Å². The molecule has 1 rings (SSSR count). The fraction of sp³-hybridized carbons (Fsp3) is 0.615. The van der Waals surface area contributed by atoms with E-state index in [1.54, 1.807) is 6.21 Å². The molecule has 1 amide bonds. The van der Waals surface area contributed by atoms with E-state index in [4.69, 9.17) is 0 Å². The van der Waals surface area contributed by atoms with Gasteiger partial charge in [0.15, 0.2) is 0 Å². The van der Waals surface area contributed by atoms with Crippen LogP contribution in [0.4, 0.5) is 0 Å². The van der Waals surface area contributed by atoms with Gasteiger partial charge in [-0.2, -0.15) is 5.10 Å². The van der Waals surface area contributed by atoms with Crippen LogP contribution >= 0.6 is 0 Å². The lowest BCUT2D eigenvalue weighted by molar-refractivity contribution is -0.121. The van der Waals surface area contributed by atoms with Gasteiger partial charge < -0.3 is 0 Å². The van der Waals surface area contributed by atoms with Crippen LogP contribution in [0.1, 0.15) is 109 Å². The van der Waals surface area contributed by atoms with Gasteiger partial charge >= 0.3 is 0 Å². The quantitative estimate of drug-likeness (QED) is 0.163. The molecule has 0 saturated carbocycles. The highest BCUT2D eigenvalue weighted by Crippen LogP contribution is 2.13. The smallest absolute Gasteiger partial charge is 0.240 e. The lowest BCUT2D eigenvalue weighted by atomic mass is 10.0. The van der Waals surface area contributed by atoms with Crippen molar-refractivity contribution in [1.29, 1.82) is 0 Å². The standard InChI is InChI=1S/C26H42N2O/c1-3-4-5-6-7-8-9-10-11-12-13-14-18-21-26(29)28-27-23-24(2)22-25-19-16-15-17-20-25/h15-17,19-20,22-23H,3-14,18,21H2,1-2H3,(H,28,29)/b24-22-,27-23-. The lowest BCUT2D eigenvalue weighted by Crippen LogP contribution is -2.16. The molecule has 1 aromatic carbocycles. The third kappa shape index (κ3) is 15.7. The Morgan fingerprint density at radius 1 is 0.828 bits per heavy atom. The Morgan fingerprint density at radius 3 is 1.90 bits per heavy atom. The highest BCUT2D eigenvalue weighted by molar-refractivity contribution is 5.86. The summed E-state index contributed by atoms with van der Waals surface area (Å²) in [6.07, 6.45) is 21.5. The first-order valence-electron chi connectivity index (χ1n) is 11.8. The fourth-order valence-electron chi connectivity index (χ4n) is 3.41. The minimum absolute atomic E-state index is 0.0110. The summed E-state index contributed by atoms with van der Waals surface area (Å²) in [6.45, 7) is 4.25. The van der Waals surface area contributed by atoms with E-state index in [1.165, 1.54) is 70.6 Å². The second-order valence-electron chi connectivity index (χ2n) is 8.08. The number of benzene rings is 1. The zero-order valence-electron chi connectivity index (χ0n) is 18.8. The average Bonchev–Trinajstić information content (AvgIpc) is 2.72. The molecule has 0 aliphatic rings. The van der Waals surface area contributed by atoms with E-state index in [0.717, 1.165) is 24.0 Å². The second-order valence-corrected chi connectivity index (χ2v) is 8.08. The Labute approximate surface area is 179 Å². The molecule has 0 aromatic heterocycles. The molecule has 0 fully saturated rings. The molecule has 0 bridgehead atoms. The van der Waals surface area contributed by atoms with Gasteiger partial charge in [0.25, 0.3) is 0 Å². The maximum Gasteiger partial charge on any atom is 0.240 e. The Bertz CT molecular complexity index is 578. The number of hydrogen-bond acceptors (Lipinski definition) is 2. The van der Waals surface area contributed by atoms with Gasteiger partial charge in [0, 0.05) is 6.42 Å². The van der Waals surface area contributed by atoms with Gasteiger partial charge in [-0.1, -0.05) is 120 Å². The summed E-state index contributed by atoms with van der Waals surface area (Å²) in [4.78, 5) is 11.8. The van der Waals surface area contributed by atoms with Crippen LogP contribution in [0.3, 0.4) is 0 Å². The summed E-state index contributed by atoms with van der Waals surface area (Å²) in [7, 11) is 0. The summed E-state index contributed by atoms with van der Waals surface area (Å²) in [5, 5.41) is 4.05. The molecule has 29 heavy (non-hydrogen) atoms. The molecule has 0 aliphatic heterocycles. The SMILES string of the molecule is CCCCCCCCCCCCCCCC(=O)N/N=C\C(C)=C/c1ccccc1. The van der Waals surface area contributed by atoms with E-state index >= 15 is 0 Å². The van der Waals surface area contributed by atoms with Crippen molar-refractivity contribution >= 4 is 18.2 Å². The first-order chi connectivity index (χ1) is 14.2. The zero-order chi connectivity index (χ0) is 21.0. The van der Waals surface area contributed by atoms with Gasteiger partial charge in [0.05, 0.1) is 6.21 Å². The molecule has 1 N–H and O–H groups in total. The number of allylic oxidation sites excluding steroid dienone is 1. The van der Waals surface area contributed by atoms with Crippen LogP contribution in [0.25, 0.3) is 6.08 Å². The topological polar surface area (TPSA) is 41.5 Å². The number of nitrogens with one attached hydrogen (secondary N) is 1. The minimum atomic E-state index is 0.0110. The Hall–Kier alpha value is -1.90. The number of rotatable bonds is 17. The fourth-order valence-corrected chi connectivity index (χ4v) is 3.41. The van der Waals surface area contributed by atoms with E-state index in [0.29, 0.717) is 6.42 Å². The predicted octanol–water partition coefficient (Wildman–Crippen LogP) is 7.67. The molecular formula is C26H42N2O. The molecule has 3 heteroatoms. The highest BCUT2D eigenvalue weighted by Gasteiger charge is 1.99. The Kier molecular flexibility index (Phi) is 15.7. The number of unbranched alkanes of at least 4 members (excludes halogenated alkanes) is 12. The molecular weight excluding hydrogens is 356 g/mol. The molecule has 162 valence electrons. The minimum Gasteiger partial charge on any atom is -0.273 e. The number of carbonyl (C=O) groups excluding carboxylic acids is 1. The normalized spacial score (nSPS) is 11.9. The zero-order valence-corrected chi connectivity index (χ0v) is 18.8.